The number of aromatic amines is 1. The van der Waals surface area contributed by atoms with Gasteiger partial charge in [0.05, 0.1) is 0 Å². The first-order chi connectivity index (χ1) is 11.6. The van der Waals surface area contributed by atoms with Crippen LogP contribution >= 0.6 is 0 Å². The summed E-state index contributed by atoms with van der Waals surface area (Å²) in [5.74, 6) is 1.67. The zero-order chi connectivity index (χ0) is 16.9. The predicted molar refractivity (Wildman–Crippen MR) is 94.8 cm³/mol. The van der Waals surface area contributed by atoms with Crippen LogP contribution in [0.3, 0.4) is 0 Å². The highest BCUT2D eigenvalue weighted by Crippen LogP contribution is 2.19. The van der Waals surface area contributed by atoms with Gasteiger partial charge in [0, 0.05) is 29.2 Å². The van der Waals surface area contributed by atoms with E-state index in [9.17, 15) is 4.79 Å². The maximum atomic E-state index is 12.2. The molecule has 0 spiro atoms. The second-order valence-corrected chi connectivity index (χ2v) is 6.10. The van der Waals surface area contributed by atoms with Crippen molar-refractivity contribution in [3.8, 4) is 11.4 Å². The Morgan fingerprint density at radius 2 is 1.96 bits per heavy atom. The van der Waals surface area contributed by atoms with Gasteiger partial charge >= 0.3 is 0 Å². The van der Waals surface area contributed by atoms with E-state index in [0.717, 1.165) is 23.5 Å². The zero-order valence-electron chi connectivity index (χ0n) is 13.8. The largest absolute Gasteiger partial charge is 0.342 e. The van der Waals surface area contributed by atoms with Gasteiger partial charge in [-0.3, -0.25) is 4.79 Å². The number of H-pyrrole nitrogens is 1. The third-order valence-corrected chi connectivity index (χ3v) is 3.57. The van der Waals surface area contributed by atoms with Crippen molar-refractivity contribution < 1.29 is 4.79 Å². The molecule has 0 aliphatic carbocycles. The summed E-state index contributed by atoms with van der Waals surface area (Å²) >= 11 is 0. The standard InChI is InChI=1S/C19H20N4O/c1-13(2)10-16-12-21-18(22-16)15-8-9-20-17(11-15)23-19(24)14-6-4-3-5-7-14/h3-9,11-13H,10H2,1-2H3,(H,21,22)(H,20,23,24). The van der Waals surface area contributed by atoms with Gasteiger partial charge in [-0.05, 0) is 36.6 Å². The highest BCUT2D eigenvalue weighted by Gasteiger charge is 2.09. The second-order valence-electron chi connectivity index (χ2n) is 6.10. The average Bonchev–Trinajstić information content (AvgIpc) is 3.03. The number of anilines is 1. The van der Waals surface area contributed by atoms with Crippen molar-refractivity contribution in [3.63, 3.8) is 0 Å². The molecule has 2 aromatic heterocycles. The molecule has 0 aliphatic heterocycles. The molecule has 2 N–H and O–H groups in total. The number of pyridine rings is 1. The van der Waals surface area contributed by atoms with Crippen molar-refractivity contribution >= 4 is 11.7 Å². The minimum Gasteiger partial charge on any atom is -0.342 e. The molecule has 3 aromatic rings. The fraction of sp³-hybridized carbons (Fsp3) is 0.211. The SMILES string of the molecule is CC(C)Cc1cnc(-c2ccnc(NC(=O)c3ccccc3)c2)[nH]1. The Kier molecular flexibility index (Phi) is 4.70. The lowest BCUT2D eigenvalue weighted by atomic mass is 10.1. The molecule has 122 valence electrons. The maximum Gasteiger partial charge on any atom is 0.256 e. The Balaban J connectivity index is 1.77. The topological polar surface area (TPSA) is 70.7 Å². The number of nitrogens with zero attached hydrogens (tertiary/aromatic N) is 2. The average molecular weight is 320 g/mol. The molecule has 0 saturated heterocycles. The van der Waals surface area contributed by atoms with Crippen LogP contribution in [0.15, 0.2) is 54.9 Å². The first-order valence-corrected chi connectivity index (χ1v) is 7.98. The molecule has 3 rings (SSSR count). The van der Waals surface area contributed by atoms with Crippen molar-refractivity contribution in [2.24, 2.45) is 5.92 Å². The van der Waals surface area contributed by atoms with Gasteiger partial charge in [-0.1, -0.05) is 32.0 Å². The molecule has 0 atom stereocenters. The number of carbonyl (C=O) groups excluding carboxylic acids is 1. The van der Waals surface area contributed by atoms with Crippen LogP contribution in [0.5, 0.6) is 0 Å². The minimum atomic E-state index is -0.180. The maximum absolute atomic E-state index is 12.2. The van der Waals surface area contributed by atoms with E-state index in [2.05, 4.69) is 34.1 Å². The van der Waals surface area contributed by atoms with E-state index in [1.165, 1.54) is 0 Å². The van der Waals surface area contributed by atoms with Crippen LogP contribution in [0.25, 0.3) is 11.4 Å². The van der Waals surface area contributed by atoms with Crippen LogP contribution in [0.4, 0.5) is 5.82 Å². The molecule has 24 heavy (non-hydrogen) atoms. The summed E-state index contributed by atoms with van der Waals surface area (Å²) in [6.45, 7) is 4.34. The van der Waals surface area contributed by atoms with Crippen LogP contribution in [-0.4, -0.2) is 20.9 Å². The summed E-state index contributed by atoms with van der Waals surface area (Å²) in [5, 5.41) is 2.82. The van der Waals surface area contributed by atoms with Crippen molar-refractivity contribution in [2.45, 2.75) is 20.3 Å². The highest BCUT2D eigenvalue weighted by molar-refractivity contribution is 6.03. The number of imidazole rings is 1. The van der Waals surface area contributed by atoms with Gasteiger partial charge in [-0.25, -0.2) is 9.97 Å². The van der Waals surface area contributed by atoms with Gasteiger partial charge in [0.2, 0.25) is 0 Å². The number of hydrogen-bond acceptors (Lipinski definition) is 3. The molecule has 1 aromatic carbocycles. The number of nitrogens with one attached hydrogen (secondary N) is 2. The zero-order valence-corrected chi connectivity index (χ0v) is 13.8. The van der Waals surface area contributed by atoms with Gasteiger partial charge in [0.1, 0.15) is 11.6 Å². The third kappa shape index (κ3) is 3.87. The first kappa shape index (κ1) is 15.9. The van der Waals surface area contributed by atoms with E-state index in [1.54, 1.807) is 18.3 Å². The van der Waals surface area contributed by atoms with Crippen molar-refractivity contribution in [2.75, 3.05) is 5.32 Å². The fourth-order valence-corrected chi connectivity index (χ4v) is 2.47. The Hall–Kier alpha value is -2.95. The van der Waals surface area contributed by atoms with Gasteiger partial charge in [0.25, 0.3) is 5.91 Å². The summed E-state index contributed by atoms with van der Waals surface area (Å²) in [6.07, 6.45) is 4.48. The van der Waals surface area contributed by atoms with Crippen LogP contribution in [-0.2, 0) is 6.42 Å². The number of hydrogen-bond donors (Lipinski definition) is 2. The predicted octanol–water partition coefficient (Wildman–Crippen LogP) is 3.92. The van der Waals surface area contributed by atoms with Gasteiger partial charge in [-0.2, -0.15) is 0 Å². The molecular weight excluding hydrogens is 300 g/mol. The van der Waals surface area contributed by atoms with Crippen LogP contribution in [0.1, 0.15) is 29.9 Å². The van der Waals surface area contributed by atoms with E-state index in [4.69, 9.17) is 0 Å². The fourth-order valence-electron chi connectivity index (χ4n) is 2.47. The molecule has 0 radical (unpaired) electrons. The minimum absolute atomic E-state index is 0.180. The van der Waals surface area contributed by atoms with E-state index in [0.29, 0.717) is 17.3 Å². The smallest absolute Gasteiger partial charge is 0.256 e. The normalized spacial score (nSPS) is 10.8. The van der Waals surface area contributed by atoms with Gasteiger partial charge in [-0.15, -0.1) is 0 Å². The van der Waals surface area contributed by atoms with E-state index in [-0.39, 0.29) is 5.91 Å². The van der Waals surface area contributed by atoms with Crippen LogP contribution in [0, 0.1) is 5.92 Å². The molecule has 5 heteroatoms. The third-order valence-electron chi connectivity index (χ3n) is 3.57. The quantitative estimate of drug-likeness (QED) is 0.748. The van der Waals surface area contributed by atoms with Crippen molar-refractivity contribution in [1.82, 2.24) is 15.0 Å². The molecule has 0 unspecified atom stereocenters. The summed E-state index contributed by atoms with van der Waals surface area (Å²) in [7, 11) is 0. The Morgan fingerprint density at radius 3 is 2.71 bits per heavy atom. The number of aromatic nitrogens is 3. The van der Waals surface area contributed by atoms with E-state index >= 15 is 0 Å². The van der Waals surface area contributed by atoms with Crippen molar-refractivity contribution in [1.29, 1.82) is 0 Å². The molecule has 5 nitrogen and oxygen atoms in total. The molecule has 2 heterocycles. The summed E-state index contributed by atoms with van der Waals surface area (Å²) in [4.78, 5) is 24.2. The Bertz CT molecular complexity index is 824. The lowest BCUT2D eigenvalue weighted by Crippen LogP contribution is -2.12. The molecule has 1 amide bonds. The second kappa shape index (κ2) is 7.08. The monoisotopic (exact) mass is 320 g/mol. The summed E-state index contributed by atoms with van der Waals surface area (Å²) in [5.41, 5.74) is 2.59. The molecule has 0 aliphatic rings. The molecule has 0 bridgehead atoms. The van der Waals surface area contributed by atoms with Crippen molar-refractivity contribution in [3.05, 3.63) is 66.1 Å². The lowest BCUT2D eigenvalue weighted by molar-refractivity contribution is 0.102. The highest BCUT2D eigenvalue weighted by atomic mass is 16.1. The first-order valence-electron chi connectivity index (χ1n) is 7.98. The van der Waals surface area contributed by atoms with E-state index < -0.39 is 0 Å². The molecule has 0 saturated carbocycles. The summed E-state index contributed by atoms with van der Waals surface area (Å²) < 4.78 is 0. The van der Waals surface area contributed by atoms with Gasteiger partial charge in [0.15, 0.2) is 0 Å². The number of benzene rings is 1. The van der Waals surface area contributed by atoms with Crippen LogP contribution in [0.2, 0.25) is 0 Å². The Morgan fingerprint density at radius 1 is 1.17 bits per heavy atom. The number of carbonyl (C=O) groups is 1. The molecule has 0 fully saturated rings. The number of rotatable bonds is 5. The van der Waals surface area contributed by atoms with E-state index in [1.807, 2.05) is 36.5 Å². The van der Waals surface area contributed by atoms with Crippen LogP contribution < -0.4 is 5.32 Å². The number of amides is 1. The summed E-state index contributed by atoms with van der Waals surface area (Å²) in [6, 6.07) is 12.8. The Labute approximate surface area is 141 Å². The van der Waals surface area contributed by atoms with Gasteiger partial charge < -0.3 is 10.3 Å². The lowest BCUT2D eigenvalue weighted by Gasteiger charge is -2.06. The molecular formula is C19H20N4O.